The summed E-state index contributed by atoms with van der Waals surface area (Å²) in [6.07, 6.45) is 2.87. The zero-order valence-electron chi connectivity index (χ0n) is 9.73. The fourth-order valence-corrected chi connectivity index (χ4v) is 1.10. The summed E-state index contributed by atoms with van der Waals surface area (Å²) < 4.78 is 1.34. The highest BCUT2D eigenvalue weighted by molar-refractivity contribution is 5.76. The maximum atomic E-state index is 11.6. The lowest BCUT2D eigenvalue weighted by Crippen LogP contribution is -2.44. The van der Waals surface area contributed by atoms with E-state index in [-0.39, 0.29) is 23.7 Å². The second kappa shape index (κ2) is 4.87. The third-order valence-electron chi connectivity index (χ3n) is 2.34. The van der Waals surface area contributed by atoms with Crippen LogP contribution in [0, 0.1) is 0 Å². The molecule has 6 heteroatoms. The van der Waals surface area contributed by atoms with Crippen LogP contribution in [0.25, 0.3) is 0 Å². The molecule has 1 rings (SSSR count). The summed E-state index contributed by atoms with van der Waals surface area (Å²) in [6, 6.07) is 0. The summed E-state index contributed by atoms with van der Waals surface area (Å²) in [6.45, 7) is 5.97. The van der Waals surface area contributed by atoms with Gasteiger partial charge in [0.2, 0.25) is 5.91 Å². The van der Waals surface area contributed by atoms with Gasteiger partial charge in [-0.2, -0.15) is 0 Å². The van der Waals surface area contributed by atoms with Crippen LogP contribution < -0.4 is 5.32 Å². The van der Waals surface area contributed by atoms with Gasteiger partial charge in [-0.25, -0.2) is 4.68 Å². The first kappa shape index (κ1) is 12.4. The third kappa shape index (κ3) is 3.45. The first-order chi connectivity index (χ1) is 7.46. The first-order valence-electron chi connectivity index (χ1n) is 5.13. The van der Waals surface area contributed by atoms with Crippen LogP contribution in [0.15, 0.2) is 6.20 Å². The van der Waals surface area contributed by atoms with Gasteiger partial charge in [-0.05, 0) is 20.3 Å². The molecule has 1 aromatic heterocycles. The van der Waals surface area contributed by atoms with Crippen molar-refractivity contribution in [1.82, 2.24) is 20.3 Å². The van der Waals surface area contributed by atoms with Crippen LogP contribution in [0.3, 0.4) is 0 Å². The van der Waals surface area contributed by atoms with Crippen molar-refractivity contribution in [1.29, 1.82) is 0 Å². The smallest absolute Gasteiger partial charge is 0.242 e. The minimum absolute atomic E-state index is 0.0737. The molecular formula is C10H16N4O2. The molecule has 0 aromatic carbocycles. The van der Waals surface area contributed by atoms with Crippen molar-refractivity contribution in [2.24, 2.45) is 0 Å². The van der Waals surface area contributed by atoms with Gasteiger partial charge in [-0.3, -0.25) is 9.59 Å². The highest BCUT2D eigenvalue weighted by Gasteiger charge is 2.18. The Bertz CT molecular complexity index is 384. The van der Waals surface area contributed by atoms with E-state index in [0.717, 1.165) is 6.42 Å². The Balaban J connectivity index is 2.54. The van der Waals surface area contributed by atoms with Crippen molar-refractivity contribution in [2.75, 3.05) is 0 Å². The minimum atomic E-state index is -0.231. The number of hydrogen-bond donors (Lipinski definition) is 1. The molecule has 1 amide bonds. The van der Waals surface area contributed by atoms with Gasteiger partial charge in [0.25, 0.3) is 0 Å². The first-order valence-corrected chi connectivity index (χ1v) is 5.13. The minimum Gasteiger partial charge on any atom is -0.350 e. The van der Waals surface area contributed by atoms with Gasteiger partial charge in [0.05, 0.1) is 6.20 Å². The zero-order chi connectivity index (χ0) is 12.2. The van der Waals surface area contributed by atoms with Crippen LogP contribution in [-0.2, 0) is 11.3 Å². The Morgan fingerprint density at radius 1 is 1.62 bits per heavy atom. The lowest BCUT2D eigenvalue weighted by atomic mass is 10.0. The average molecular weight is 224 g/mol. The number of aromatic nitrogens is 3. The number of nitrogens with zero attached hydrogens (tertiary/aromatic N) is 3. The van der Waals surface area contributed by atoms with Gasteiger partial charge in [-0.1, -0.05) is 12.1 Å². The number of hydrogen-bond acceptors (Lipinski definition) is 4. The molecule has 1 N–H and O–H groups in total. The number of carbonyl (C=O) groups is 2. The third-order valence-corrected chi connectivity index (χ3v) is 2.34. The largest absolute Gasteiger partial charge is 0.350 e. The van der Waals surface area contributed by atoms with Crippen LogP contribution in [-0.4, -0.2) is 32.7 Å². The molecule has 0 unspecified atom stereocenters. The van der Waals surface area contributed by atoms with Gasteiger partial charge in [0, 0.05) is 5.54 Å². The molecule has 0 atom stereocenters. The SMILES string of the molecule is CCC(C)(C)NC(=O)Cn1cc(C=O)nn1. The molecule has 1 heterocycles. The molecule has 0 saturated carbocycles. The quantitative estimate of drug-likeness (QED) is 0.734. The van der Waals surface area contributed by atoms with Crippen LogP contribution in [0.1, 0.15) is 37.7 Å². The van der Waals surface area contributed by atoms with Crippen molar-refractivity contribution in [2.45, 2.75) is 39.3 Å². The molecule has 0 aliphatic carbocycles. The van der Waals surface area contributed by atoms with Crippen LogP contribution in [0.5, 0.6) is 0 Å². The van der Waals surface area contributed by atoms with E-state index in [2.05, 4.69) is 15.6 Å². The summed E-state index contributed by atoms with van der Waals surface area (Å²) in [7, 11) is 0. The van der Waals surface area contributed by atoms with Gasteiger partial charge < -0.3 is 5.32 Å². The van der Waals surface area contributed by atoms with E-state index in [0.29, 0.717) is 6.29 Å². The maximum Gasteiger partial charge on any atom is 0.242 e. The van der Waals surface area contributed by atoms with Crippen molar-refractivity contribution in [3.63, 3.8) is 0 Å². The second-order valence-electron chi connectivity index (χ2n) is 4.24. The Hall–Kier alpha value is -1.72. The van der Waals surface area contributed by atoms with Crippen molar-refractivity contribution in [3.8, 4) is 0 Å². The van der Waals surface area contributed by atoms with Crippen molar-refractivity contribution >= 4 is 12.2 Å². The number of nitrogens with one attached hydrogen (secondary N) is 1. The molecule has 0 bridgehead atoms. The van der Waals surface area contributed by atoms with Gasteiger partial charge >= 0.3 is 0 Å². The van der Waals surface area contributed by atoms with Gasteiger partial charge in [0.1, 0.15) is 12.2 Å². The molecular weight excluding hydrogens is 208 g/mol. The lowest BCUT2D eigenvalue weighted by molar-refractivity contribution is -0.123. The van der Waals surface area contributed by atoms with E-state index in [9.17, 15) is 9.59 Å². The molecule has 0 aliphatic heterocycles. The summed E-state index contributed by atoms with van der Waals surface area (Å²) >= 11 is 0. The topological polar surface area (TPSA) is 76.9 Å². The number of carbonyl (C=O) groups excluding carboxylic acids is 2. The Morgan fingerprint density at radius 2 is 2.31 bits per heavy atom. The van der Waals surface area contributed by atoms with E-state index >= 15 is 0 Å². The van der Waals surface area contributed by atoms with Crippen molar-refractivity contribution in [3.05, 3.63) is 11.9 Å². The maximum absolute atomic E-state index is 11.6. The monoisotopic (exact) mass is 224 g/mol. The van der Waals surface area contributed by atoms with E-state index < -0.39 is 0 Å². The number of rotatable bonds is 5. The fourth-order valence-electron chi connectivity index (χ4n) is 1.10. The van der Waals surface area contributed by atoms with E-state index in [1.807, 2.05) is 20.8 Å². The summed E-state index contributed by atoms with van der Waals surface area (Å²) in [5.74, 6) is -0.144. The molecule has 0 saturated heterocycles. The highest BCUT2D eigenvalue weighted by Crippen LogP contribution is 2.06. The summed E-state index contributed by atoms with van der Waals surface area (Å²) in [5.41, 5.74) is -0.00641. The van der Waals surface area contributed by atoms with Gasteiger partial charge in [-0.15, -0.1) is 5.10 Å². The average Bonchev–Trinajstić information content (AvgIpc) is 2.64. The molecule has 1 aromatic rings. The molecule has 0 spiro atoms. The zero-order valence-corrected chi connectivity index (χ0v) is 9.73. The van der Waals surface area contributed by atoms with Gasteiger partial charge in [0.15, 0.2) is 6.29 Å². The molecule has 0 aliphatic rings. The van der Waals surface area contributed by atoms with Crippen LogP contribution >= 0.6 is 0 Å². The lowest BCUT2D eigenvalue weighted by Gasteiger charge is -2.24. The fraction of sp³-hybridized carbons (Fsp3) is 0.600. The molecule has 0 radical (unpaired) electrons. The summed E-state index contributed by atoms with van der Waals surface area (Å²) in [4.78, 5) is 22.0. The van der Waals surface area contributed by atoms with E-state index in [1.54, 1.807) is 0 Å². The van der Waals surface area contributed by atoms with Crippen LogP contribution in [0.4, 0.5) is 0 Å². The number of aldehydes is 1. The van der Waals surface area contributed by atoms with Crippen molar-refractivity contribution < 1.29 is 9.59 Å². The Labute approximate surface area is 94.0 Å². The predicted molar refractivity (Wildman–Crippen MR) is 57.9 cm³/mol. The second-order valence-corrected chi connectivity index (χ2v) is 4.24. The molecule has 16 heavy (non-hydrogen) atoms. The summed E-state index contributed by atoms with van der Waals surface area (Å²) in [5, 5.41) is 10.1. The number of amides is 1. The van der Waals surface area contributed by atoms with E-state index in [1.165, 1.54) is 10.9 Å². The molecule has 6 nitrogen and oxygen atoms in total. The molecule has 0 fully saturated rings. The normalized spacial score (nSPS) is 11.2. The highest BCUT2D eigenvalue weighted by atomic mass is 16.2. The Morgan fingerprint density at radius 3 is 2.81 bits per heavy atom. The standard InChI is InChI=1S/C10H16N4O2/c1-4-10(2,3)11-9(16)6-14-5-8(7-15)12-13-14/h5,7H,4,6H2,1-3H3,(H,11,16). The van der Waals surface area contributed by atoms with E-state index in [4.69, 9.17) is 0 Å². The van der Waals surface area contributed by atoms with Crippen LogP contribution in [0.2, 0.25) is 0 Å². The molecule has 88 valence electrons. The Kier molecular flexibility index (Phi) is 3.76. The predicted octanol–water partition coefficient (Wildman–Crippen LogP) is 0.395.